The third-order valence-electron chi connectivity index (χ3n) is 7.86. The normalized spacial score (nSPS) is 11.9. The number of nitrogens with zero attached hydrogens (tertiary/aromatic N) is 3. The zero-order valence-corrected chi connectivity index (χ0v) is 29.3. The van der Waals surface area contributed by atoms with Gasteiger partial charge in [-0.1, -0.05) is 80.0 Å². The molecule has 0 saturated heterocycles. The summed E-state index contributed by atoms with van der Waals surface area (Å²) >= 11 is 6.54. The Morgan fingerprint density at radius 3 is 2.22 bits per heavy atom. The minimum Gasteiger partial charge on any atom is -0.497 e. The van der Waals surface area contributed by atoms with Gasteiger partial charge in [-0.3, -0.25) is 24.0 Å². The number of rotatable bonds is 15. The SMILES string of the molecule is COc1ccc(N(CC(=O)N(Cc2ccccc2Cl)[C@@H](Cc2ccccc2)C(=O)NCC(C)C)S(=O)(=O)c2ccc(C)c([N+](=O)[O-])c2)cc1. The van der Waals surface area contributed by atoms with Crippen molar-refractivity contribution < 1.29 is 27.7 Å². The van der Waals surface area contributed by atoms with Crippen molar-refractivity contribution in [1.29, 1.82) is 0 Å². The fourth-order valence-corrected chi connectivity index (χ4v) is 6.77. The molecule has 4 rings (SSSR count). The first kappa shape index (κ1) is 36.9. The predicted octanol–water partition coefficient (Wildman–Crippen LogP) is 6.17. The third-order valence-corrected chi connectivity index (χ3v) is 10.00. The highest BCUT2D eigenvalue weighted by Crippen LogP contribution is 2.30. The van der Waals surface area contributed by atoms with Gasteiger partial charge in [0.15, 0.2) is 0 Å². The maximum atomic E-state index is 14.6. The Hall–Kier alpha value is -4.94. The first-order valence-electron chi connectivity index (χ1n) is 15.6. The van der Waals surface area contributed by atoms with Crippen LogP contribution in [0.4, 0.5) is 11.4 Å². The molecule has 4 aromatic carbocycles. The summed E-state index contributed by atoms with van der Waals surface area (Å²) in [6.07, 6.45) is 0.139. The maximum absolute atomic E-state index is 14.6. The molecule has 0 saturated carbocycles. The highest BCUT2D eigenvalue weighted by molar-refractivity contribution is 7.92. The number of sulfonamides is 1. The van der Waals surface area contributed by atoms with Crippen molar-refractivity contribution in [1.82, 2.24) is 10.2 Å². The highest BCUT2D eigenvalue weighted by Gasteiger charge is 2.35. The number of nitrogens with one attached hydrogen (secondary N) is 1. The lowest BCUT2D eigenvalue weighted by Crippen LogP contribution is -2.53. The zero-order valence-electron chi connectivity index (χ0n) is 27.7. The Morgan fingerprint density at radius 2 is 1.61 bits per heavy atom. The van der Waals surface area contributed by atoms with Gasteiger partial charge in [-0.2, -0.15) is 0 Å². The lowest BCUT2D eigenvalue weighted by molar-refractivity contribution is -0.385. The number of anilines is 1. The molecule has 0 bridgehead atoms. The number of amides is 2. The Morgan fingerprint density at radius 1 is 0.959 bits per heavy atom. The molecule has 1 N–H and O–H groups in total. The van der Waals surface area contributed by atoms with E-state index in [-0.39, 0.29) is 40.7 Å². The third kappa shape index (κ3) is 9.36. The summed E-state index contributed by atoms with van der Waals surface area (Å²) in [5.41, 5.74) is 1.35. The molecule has 0 heterocycles. The zero-order chi connectivity index (χ0) is 35.7. The van der Waals surface area contributed by atoms with Gasteiger partial charge in [-0.05, 0) is 60.4 Å². The number of ether oxygens (including phenoxy) is 1. The number of carbonyl (C=O) groups excluding carboxylic acids is 2. The van der Waals surface area contributed by atoms with Crippen LogP contribution in [0.15, 0.2) is 102 Å². The quantitative estimate of drug-likeness (QED) is 0.115. The number of aryl methyl sites for hydroxylation is 1. The maximum Gasteiger partial charge on any atom is 0.273 e. The standard InChI is InChI=1S/C36H39ClN4O7S/c1-25(2)22-38-36(43)34(20-27-10-6-5-7-11-27)39(23-28-12-8-9-13-32(28)37)35(42)24-40(29-15-17-30(48-4)18-16-29)49(46,47)31-19-14-26(3)33(21-31)41(44)45/h5-19,21,25,34H,20,22-24H2,1-4H3,(H,38,43)/t34-/m0/s1. The molecular formula is C36H39ClN4O7S. The lowest BCUT2D eigenvalue weighted by Gasteiger charge is -2.34. The van der Waals surface area contributed by atoms with Crippen molar-refractivity contribution in [3.8, 4) is 5.75 Å². The van der Waals surface area contributed by atoms with Gasteiger partial charge >= 0.3 is 0 Å². The van der Waals surface area contributed by atoms with Crippen LogP contribution in [0, 0.1) is 23.0 Å². The molecule has 0 spiro atoms. The second-order valence-electron chi connectivity index (χ2n) is 11.9. The summed E-state index contributed by atoms with van der Waals surface area (Å²) in [4.78, 5) is 40.6. The molecule has 13 heteroatoms. The van der Waals surface area contributed by atoms with E-state index < -0.39 is 39.3 Å². The van der Waals surface area contributed by atoms with Gasteiger partial charge in [-0.25, -0.2) is 8.42 Å². The average molecular weight is 707 g/mol. The van der Waals surface area contributed by atoms with E-state index in [9.17, 15) is 28.1 Å². The number of halogens is 1. The summed E-state index contributed by atoms with van der Waals surface area (Å²) in [6.45, 7) is 4.93. The average Bonchev–Trinajstić information content (AvgIpc) is 3.08. The van der Waals surface area contributed by atoms with E-state index in [0.717, 1.165) is 15.9 Å². The van der Waals surface area contributed by atoms with Gasteiger partial charge in [0.1, 0.15) is 18.3 Å². The highest BCUT2D eigenvalue weighted by atomic mass is 35.5. The predicted molar refractivity (Wildman–Crippen MR) is 189 cm³/mol. The molecule has 11 nitrogen and oxygen atoms in total. The first-order chi connectivity index (χ1) is 23.3. The largest absolute Gasteiger partial charge is 0.497 e. The molecule has 258 valence electrons. The number of hydrogen-bond donors (Lipinski definition) is 1. The smallest absolute Gasteiger partial charge is 0.273 e. The van der Waals surface area contributed by atoms with Crippen molar-refractivity contribution in [2.45, 2.75) is 44.7 Å². The molecule has 4 aromatic rings. The fraction of sp³-hybridized carbons (Fsp3) is 0.278. The van der Waals surface area contributed by atoms with E-state index >= 15 is 0 Å². The van der Waals surface area contributed by atoms with Crippen molar-refractivity contribution >= 4 is 44.8 Å². The van der Waals surface area contributed by atoms with Crippen molar-refractivity contribution in [3.05, 3.63) is 129 Å². The van der Waals surface area contributed by atoms with Gasteiger partial charge < -0.3 is 15.0 Å². The summed E-state index contributed by atoms with van der Waals surface area (Å²) in [7, 11) is -3.11. The van der Waals surface area contributed by atoms with Gasteiger partial charge in [0, 0.05) is 36.2 Å². The van der Waals surface area contributed by atoms with Crippen LogP contribution >= 0.6 is 11.6 Å². The number of carbonyl (C=O) groups is 2. The second-order valence-corrected chi connectivity index (χ2v) is 14.1. The molecule has 0 radical (unpaired) electrons. The van der Waals surface area contributed by atoms with Crippen LogP contribution in [0.2, 0.25) is 5.02 Å². The van der Waals surface area contributed by atoms with E-state index in [2.05, 4.69) is 5.32 Å². The summed E-state index contributed by atoms with van der Waals surface area (Å²) < 4.78 is 34.8. The van der Waals surface area contributed by atoms with Crippen molar-refractivity contribution in [2.24, 2.45) is 5.92 Å². The molecule has 1 atom stereocenters. The summed E-state index contributed by atoms with van der Waals surface area (Å²) in [6, 6.07) is 24.7. The van der Waals surface area contributed by atoms with Crippen molar-refractivity contribution in [2.75, 3.05) is 24.5 Å². The topological polar surface area (TPSA) is 139 Å². The van der Waals surface area contributed by atoms with Gasteiger partial charge in [0.2, 0.25) is 11.8 Å². The van der Waals surface area contributed by atoms with Crippen LogP contribution in [0.1, 0.15) is 30.5 Å². The van der Waals surface area contributed by atoms with Crippen LogP contribution in [0.25, 0.3) is 0 Å². The molecule has 0 aliphatic heterocycles. The minimum absolute atomic E-state index is 0.0996. The van der Waals surface area contributed by atoms with E-state index in [1.807, 2.05) is 44.2 Å². The van der Waals surface area contributed by atoms with Gasteiger partial charge in [0.05, 0.1) is 22.6 Å². The fourth-order valence-electron chi connectivity index (χ4n) is 5.14. The number of benzene rings is 4. The Kier molecular flexibility index (Phi) is 12.4. The van der Waals surface area contributed by atoms with Crippen LogP contribution in [0.5, 0.6) is 5.75 Å². The number of hydrogen-bond acceptors (Lipinski definition) is 7. The molecule has 0 aliphatic rings. The second kappa shape index (κ2) is 16.4. The van der Waals surface area contributed by atoms with Crippen LogP contribution < -0.4 is 14.4 Å². The molecule has 2 amide bonds. The van der Waals surface area contributed by atoms with Gasteiger partial charge in [0.25, 0.3) is 15.7 Å². The molecule has 49 heavy (non-hydrogen) atoms. The van der Waals surface area contributed by atoms with E-state index in [4.69, 9.17) is 16.3 Å². The number of nitro groups is 1. The molecular weight excluding hydrogens is 668 g/mol. The molecule has 0 aliphatic carbocycles. The van der Waals surface area contributed by atoms with Crippen LogP contribution in [0.3, 0.4) is 0 Å². The van der Waals surface area contributed by atoms with Crippen LogP contribution in [-0.2, 0) is 32.6 Å². The Balaban J connectivity index is 1.85. The summed E-state index contributed by atoms with van der Waals surface area (Å²) in [5.74, 6) is -0.528. The molecule has 0 fully saturated rings. The van der Waals surface area contributed by atoms with E-state index in [1.54, 1.807) is 36.4 Å². The van der Waals surface area contributed by atoms with Crippen molar-refractivity contribution in [3.63, 3.8) is 0 Å². The number of methoxy groups -OCH3 is 1. The molecule has 0 aromatic heterocycles. The molecule has 0 unspecified atom stereocenters. The van der Waals surface area contributed by atoms with Gasteiger partial charge in [-0.15, -0.1) is 0 Å². The lowest BCUT2D eigenvalue weighted by atomic mass is 10.0. The van der Waals surface area contributed by atoms with E-state index in [0.29, 0.717) is 22.9 Å². The monoisotopic (exact) mass is 706 g/mol. The summed E-state index contributed by atoms with van der Waals surface area (Å²) in [5, 5.41) is 15.0. The van der Waals surface area contributed by atoms with E-state index in [1.165, 1.54) is 43.2 Å². The van der Waals surface area contributed by atoms with Crippen LogP contribution in [-0.4, -0.2) is 56.3 Å². The Labute approximate surface area is 291 Å². The minimum atomic E-state index is -4.57. The Bertz CT molecular complexity index is 1890. The number of nitro benzene ring substituents is 1. The first-order valence-corrected chi connectivity index (χ1v) is 17.4.